The van der Waals surface area contributed by atoms with E-state index in [9.17, 15) is 0 Å². The number of guanidine groups is 1. The van der Waals surface area contributed by atoms with Crippen LogP contribution in [0.4, 0.5) is 0 Å². The van der Waals surface area contributed by atoms with Gasteiger partial charge in [-0.2, -0.15) is 0 Å². The van der Waals surface area contributed by atoms with Gasteiger partial charge in [-0.15, -0.1) is 0 Å². The average Bonchev–Trinajstić information content (AvgIpc) is 2.38. The molecule has 0 amide bonds. The third kappa shape index (κ3) is 2.99. The van der Waals surface area contributed by atoms with Crippen LogP contribution in [0.2, 0.25) is 0 Å². The van der Waals surface area contributed by atoms with Crippen molar-refractivity contribution in [1.29, 1.82) is 0 Å². The van der Waals surface area contributed by atoms with Crippen molar-refractivity contribution >= 4 is 5.96 Å². The summed E-state index contributed by atoms with van der Waals surface area (Å²) in [7, 11) is 0. The summed E-state index contributed by atoms with van der Waals surface area (Å²) < 4.78 is 0. The van der Waals surface area contributed by atoms with E-state index in [1.54, 1.807) is 0 Å². The molecule has 1 aromatic rings. The van der Waals surface area contributed by atoms with E-state index in [0.717, 1.165) is 31.9 Å². The van der Waals surface area contributed by atoms with E-state index >= 15 is 0 Å². The van der Waals surface area contributed by atoms with Gasteiger partial charge in [0, 0.05) is 19.1 Å². The molecule has 0 aromatic heterocycles. The second-order valence-electron chi connectivity index (χ2n) is 4.11. The van der Waals surface area contributed by atoms with E-state index in [1.165, 1.54) is 5.56 Å². The van der Waals surface area contributed by atoms with E-state index in [1.807, 2.05) is 6.07 Å². The fourth-order valence-electron chi connectivity index (χ4n) is 1.84. The summed E-state index contributed by atoms with van der Waals surface area (Å²) in [5.41, 5.74) is 1.28. The number of nitrogens with one attached hydrogen (secondary N) is 2. The highest BCUT2D eigenvalue weighted by Gasteiger charge is 2.12. The summed E-state index contributed by atoms with van der Waals surface area (Å²) in [6.45, 7) is 3.98. The molecule has 1 atom stereocenters. The molecule has 86 valence electrons. The lowest BCUT2D eigenvalue weighted by Crippen LogP contribution is -2.46. The number of rotatable bonds is 3. The van der Waals surface area contributed by atoms with Gasteiger partial charge >= 0.3 is 0 Å². The third-order valence-corrected chi connectivity index (χ3v) is 2.88. The molecule has 0 saturated heterocycles. The molecule has 0 bridgehead atoms. The Bertz CT molecular complexity index is 345. The Balaban J connectivity index is 1.84. The van der Waals surface area contributed by atoms with Crippen molar-refractivity contribution in [3.63, 3.8) is 0 Å². The van der Waals surface area contributed by atoms with Gasteiger partial charge in [0.2, 0.25) is 0 Å². The lowest BCUT2D eigenvalue weighted by Gasteiger charge is -2.24. The van der Waals surface area contributed by atoms with Crippen molar-refractivity contribution in [2.45, 2.75) is 32.4 Å². The van der Waals surface area contributed by atoms with Crippen molar-refractivity contribution in [3.05, 3.63) is 35.9 Å². The molecule has 1 unspecified atom stereocenters. The fraction of sp³-hybridized carbons (Fsp3) is 0.462. The quantitative estimate of drug-likeness (QED) is 0.811. The molecule has 1 aromatic carbocycles. The zero-order chi connectivity index (χ0) is 11.2. The number of nitrogens with zero attached hydrogens (tertiary/aromatic N) is 1. The highest BCUT2D eigenvalue weighted by Crippen LogP contribution is 2.03. The van der Waals surface area contributed by atoms with Crippen LogP contribution in [-0.4, -0.2) is 18.5 Å². The van der Waals surface area contributed by atoms with Crippen LogP contribution in [0, 0.1) is 0 Å². The van der Waals surface area contributed by atoms with Gasteiger partial charge in [-0.1, -0.05) is 37.3 Å². The number of aliphatic imine (C=N–C) groups is 1. The standard InChI is InChI=1S/C13H19N3/c1-2-12-8-9-14-13(16-12)15-10-11-6-4-3-5-7-11/h3-7,12H,2,8-10H2,1H3,(H2,14,15,16). The van der Waals surface area contributed by atoms with E-state index in [2.05, 4.69) is 46.8 Å². The van der Waals surface area contributed by atoms with Crippen LogP contribution < -0.4 is 10.6 Å². The van der Waals surface area contributed by atoms with E-state index in [0.29, 0.717) is 6.04 Å². The zero-order valence-electron chi connectivity index (χ0n) is 9.74. The molecule has 0 radical (unpaired) electrons. The fourth-order valence-corrected chi connectivity index (χ4v) is 1.84. The normalized spacial score (nSPS) is 19.8. The van der Waals surface area contributed by atoms with Crippen molar-refractivity contribution in [1.82, 2.24) is 10.6 Å². The van der Waals surface area contributed by atoms with Crippen molar-refractivity contribution in [2.75, 3.05) is 6.54 Å². The van der Waals surface area contributed by atoms with Crippen molar-refractivity contribution in [2.24, 2.45) is 4.99 Å². The summed E-state index contributed by atoms with van der Waals surface area (Å²) in [5, 5.41) is 6.75. The molecule has 2 N–H and O–H groups in total. The monoisotopic (exact) mass is 217 g/mol. The van der Waals surface area contributed by atoms with Gasteiger partial charge in [0.15, 0.2) is 5.96 Å². The SMILES string of the molecule is CCC1CCN=C(NCc2ccccc2)N1. The summed E-state index contributed by atoms with van der Waals surface area (Å²) in [6.07, 6.45) is 2.30. The highest BCUT2D eigenvalue weighted by atomic mass is 15.2. The first-order chi connectivity index (χ1) is 7.88. The Morgan fingerprint density at radius 1 is 1.38 bits per heavy atom. The van der Waals surface area contributed by atoms with Gasteiger partial charge in [-0.25, -0.2) is 0 Å². The Labute approximate surface area is 97.0 Å². The van der Waals surface area contributed by atoms with Crippen molar-refractivity contribution in [3.8, 4) is 0 Å². The molecule has 0 fully saturated rings. The second-order valence-corrected chi connectivity index (χ2v) is 4.11. The molecular formula is C13H19N3. The zero-order valence-corrected chi connectivity index (χ0v) is 9.74. The van der Waals surface area contributed by atoms with E-state index < -0.39 is 0 Å². The Kier molecular flexibility index (Phi) is 3.81. The summed E-state index contributed by atoms with van der Waals surface area (Å²) in [4.78, 5) is 4.44. The van der Waals surface area contributed by atoms with Crippen LogP contribution in [0.5, 0.6) is 0 Å². The van der Waals surface area contributed by atoms with Gasteiger partial charge in [0.25, 0.3) is 0 Å². The highest BCUT2D eigenvalue weighted by molar-refractivity contribution is 5.80. The lowest BCUT2D eigenvalue weighted by atomic mass is 10.1. The van der Waals surface area contributed by atoms with Gasteiger partial charge in [-0.05, 0) is 18.4 Å². The number of hydrogen-bond donors (Lipinski definition) is 2. The van der Waals surface area contributed by atoms with Gasteiger partial charge in [0.1, 0.15) is 0 Å². The average molecular weight is 217 g/mol. The molecular weight excluding hydrogens is 198 g/mol. The predicted octanol–water partition coefficient (Wildman–Crippen LogP) is 1.90. The maximum Gasteiger partial charge on any atom is 0.191 e. The summed E-state index contributed by atoms with van der Waals surface area (Å²) in [5.74, 6) is 0.946. The van der Waals surface area contributed by atoms with E-state index in [4.69, 9.17) is 0 Å². The first-order valence-corrected chi connectivity index (χ1v) is 5.97. The first-order valence-electron chi connectivity index (χ1n) is 5.97. The van der Waals surface area contributed by atoms with Crippen LogP contribution in [0.15, 0.2) is 35.3 Å². The molecule has 2 rings (SSSR count). The molecule has 3 heteroatoms. The topological polar surface area (TPSA) is 36.4 Å². The minimum atomic E-state index is 0.579. The molecule has 16 heavy (non-hydrogen) atoms. The largest absolute Gasteiger partial charge is 0.354 e. The smallest absolute Gasteiger partial charge is 0.191 e. The van der Waals surface area contributed by atoms with Crippen LogP contribution in [-0.2, 0) is 6.54 Å². The number of benzene rings is 1. The molecule has 3 nitrogen and oxygen atoms in total. The third-order valence-electron chi connectivity index (χ3n) is 2.88. The first kappa shape index (κ1) is 11.0. The summed E-state index contributed by atoms with van der Waals surface area (Å²) in [6, 6.07) is 11.0. The summed E-state index contributed by atoms with van der Waals surface area (Å²) >= 11 is 0. The Hall–Kier alpha value is -1.51. The van der Waals surface area contributed by atoms with Gasteiger partial charge in [0.05, 0.1) is 0 Å². The Morgan fingerprint density at radius 2 is 2.19 bits per heavy atom. The lowest BCUT2D eigenvalue weighted by molar-refractivity contribution is 0.517. The van der Waals surface area contributed by atoms with Crippen molar-refractivity contribution < 1.29 is 0 Å². The van der Waals surface area contributed by atoms with Crippen LogP contribution in [0.1, 0.15) is 25.3 Å². The minimum absolute atomic E-state index is 0.579. The second kappa shape index (κ2) is 5.54. The molecule has 1 aliphatic heterocycles. The van der Waals surface area contributed by atoms with Gasteiger partial charge < -0.3 is 10.6 Å². The maximum atomic E-state index is 4.44. The minimum Gasteiger partial charge on any atom is -0.354 e. The van der Waals surface area contributed by atoms with Crippen LogP contribution in [0.25, 0.3) is 0 Å². The van der Waals surface area contributed by atoms with Gasteiger partial charge in [-0.3, -0.25) is 4.99 Å². The van der Waals surface area contributed by atoms with E-state index in [-0.39, 0.29) is 0 Å². The molecule has 1 aliphatic rings. The predicted molar refractivity (Wildman–Crippen MR) is 67.4 cm³/mol. The molecule has 0 saturated carbocycles. The molecule has 1 heterocycles. The molecule has 0 spiro atoms. The maximum absolute atomic E-state index is 4.44. The van der Waals surface area contributed by atoms with Crippen LogP contribution in [0.3, 0.4) is 0 Å². The van der Waals surface area contributed by atoms with Crippen LogP contribution >= 0.6 is 0 Å². The Morgan fingerprint density at radius 3 is 2.94 bits per heavy atom. The molecule has 0 aliphatic carbocycles. The number of hydrogen-bond acceptors (Lipinski definition) is 3.